The van der Waals surface area contributed by atoms with Crippen molar-refractivity contribution in [2.24, 2.45) is 0 Å². The molecule has 152 valence electrons. The van der Waals surface area contributed by atoms with Crippen LogP contribution in [0.5, 0.6) is 5.75 Å². The maximum absolute atomic E-state index is 12.0. The molecule has 0 bridgehead atoms. The second-order valence-corrected chi connectivity index (χ2v) is 7.25. The summed E-state index contributed by atoms with van der Waals surface area (Å²) in [5.74, 6) is 2.69. The number of hydrogen-bond acceptors (Lipinski definition) is 6. The van der Waals surface area contributed by atoms with Crippen LogP contribution in [0.3, 0.4) is 0 Å². The monoisotopic (exact) mass is 393 g/mol. The Kier molecular flexibility index (Phi) is 5.55. The Labute approximate surface area is 170 Å². The first-order valence-electron chi connectivity index (χ1n) is 10.1. The second kappa shape index (κ2) is 8.43. The molecule has 0 spiro atoms. The number of carbonyl (C=O) groups is 1. The Hall–Kier alpha value is -3.22. The van der Waals surface area contributed by atoms with E-state index in [-0.39, 0.29) is 6.04 Å². The zero-order valence-corrected chi connectivity index (χ0v) is 16.9. The number of aldehydes is 1. The van der Waals surface area contributed by atoms with E-state index in [1.807, 2.05) is 30.3 Å². The minimum absolute atomic E-state index is 0.250. The summed E-state index contributed by atoms with van der Waals surface area (Å²) < 4.78 is 5.32. The Balaban J connectivity index is 1.56. The van der Waals surface area contributed by atoms with Crippen LogP contribution in [0.4, 0.5) is 17.3 Å². The van der Waals surface area contributed by atoms with Crippen molar-refractivity contribution in [3.63, 3.8) is 0 Å². The smallest absolute Gasteiger partial charge is 0.152 e. The van der Waals surface area contributed by atoms with Crippen molar-refractivity contribution in [2.45, 2.75) is 19.4 Å². The number of benzene rings is 1. The molecule has 0 aliphatic carbocycles. The van der Waals surface area contributed by atoms with Crippen LogP contribution in [0.1, 0.15) is 13.3 Å². The highest BCUT2D eigenvalue weighted by atomic mass is 16.5. The molecule has 0 radical (unpaired) electrons. The van der Waals surface area contributed by atoms with Gasteiger partial charge in [-0.25, -0.2) is 4.98 Å². The van der Waals surface area contributed by atoms with Crippen molar-refractivity contribution in [3.05, 3.63) is 42.6 Å². The van der Waals surface area contributed by atoms with E-state index in [0.717, 1.165) is 66.3 Å². The highest BCUT2D eigenvalue weighted by molar-refractivity contribution is 5.86. The van der Waals surface area contributed by atoms with Crippen LogP contribution in [-0.4, -0.2) is 55.6 Å². The van der Waals surface area contributed by atoms with Gasteiger partial charge in [-0.2, -0.15) is 0 Å². The quantitative estimate of drug-likeness (QED) is 0.600. The first kappa shape index (κ1) is 19.1. The third kappa shape index (κ3) is 3.85. The Morgan fingerprint density at radius 2 is 2.21 bits per heavy atom. The van der Waals surface area contributed by atoms with Gasteiger partial charge in [0.15, 0.2) is 5.82 Å². The molecule has 7 nitrogen and oxygen atoms in total. The normalized spacial score (nSPS) is 16.8. The molecule has 3 heterocycles. The number of aromatic amines is 1. The third-order valence-corrected chi connectivity index (χ3v) is 5.35. The summed E-state index contributed by atoms with van der Waals surface area (Å²) >= 11 is 0. The summed E-state index contributed by atoms with van der Waals surface area (Å²) in [7, 11) is 1.66. The zero-order valence-electron chi connectivity index (χ0n) is 16.9. The van der Waals surface area contributed by atoms with Gasteiger partial charge in [0.25, 0.3) is 0 Å². The molecule has 1 fully saturated rings. The van der Waals surface area contributed by atoms with Crippen molar-refractivity contribution in [3.8, 4) is 5.75 Å². The van der Waals surface area contributed by atoms with E-state index in [1.54, 1.807) is 13.3 Å². The van der Waals surface area contributed by atoms with Crippen molar-refractivity contribution in [1.82, 2.24) is 9.97 Å². The minimum Gasteiger partial charge on any atom is -0.497 e. The molecular formula is C22H27N5O2. The van der Waals surface area contributed by atoms with Crippen LogP contribution in [0, 0.1) is 0 Å². The van der Waals surface area contributed by atoms with E-state index in [4.69, 9.17) is 4.74 Å². The average Bonchev–Trinajstić information content (AvgIpc) is 3.20. The standard InChI is InChI=1S/C22H27N5O2/c1-3-8-23-20-5-4-9-24-22(20)26-10-11-27(17(14-26)15-28)21-13-16-12-18(29-2)6-7-19(16)25-21/h4-7,9,12-13,15,17,23,25H,3,8,10-11,14H2,1-2H3. The first-order chi connectivity index (χ1) is 14.2. The molecule has 2 N–H and O–H groups in total. The van der Waals surface area contributed by atoms with Crippen LogP contribution in [0.25, 0.3) is 10.9 Å². The molecule has 1 aromatic carbocycles. The summed E-state index contributed by atoms with van der Waals surface area (Å²) in [6, 6.07) is 11.8. The molecule has 4 rings (SSSR count). The maximum atomic E-state index is 12.0. The largest absolute Gasteiger partial charge is 0.497 e. The number of aromatic nitrogens is 2. The molecule has 1 saturated heterocycles. The molecule has 2 aromatic heterocycles. The van der Waals surface area contributed by atoms with Crippen molar-refractivity contribution >= 4 is 34.5 Å². The number of anilines is 3. The maximum Gasteiger partial charge on any atom is 0.152 e. The fourth-order valence-corrected chi connectivity index (χ4v) is 3.84. The van der Waals surface area contributed by atoms with Crippen LogP contribution in [0.15, 0.2) is 42.6 Å². The van der Waals surface area contributed by atoms with Gasteiger partial charge in [-0.3, -0.25) is 0 Å². The lowest BCUT2D eigenvalue weighted by atomic mass is 10.1. The molecule has 0 amide bonds. The first-order valence-corrected chi connectivity index (χ1v) is 10.1. The fourth-order valence-electron chi connectivity index (χ4n) is 3.84. The Bertz CT molecular complexity index is 986. The minimum atomic E-state index is -0.250. The molecule has 1 aliphatic rings. The lowest BCUT2D eigenvalue weighted by Gasteiger charge is -2.40. The van der Waals surface area contributed by atoms with E-state index in [2.05, 4.69) is 38.1 Å². The number of fused-ring (bicyclic) bond motifs is 1. The van der Waals surface area contributed by atoms with Gasteiger partial charge in [-0.1, -0.05) is 6.92 Å². The second-order valence-electron chi connectivity index (χ2n) is 7.25. The number of hydrogen-bond donors (Lipinski definition) is 2. The van der Waals surface area contributed by atoms with E-state index in [0.29, 0.717) is 6.54 Å². The van der Waals surface area contributed by atoms with E-state index in [1.165, 1.54) is 0 Å². The van der Waals surface area contributed by atoms with Gasteiger partial charge in [0, 0.05) is 43.3 Å². The molecule has 3 aromatic rings. The number of H-pyrrole nitrogens is 1. The molecule has 29 heavy (non-hydrogen) atoms. The van der Waals surface area contributed by atoms with Crippen LogP contribution in [-0.2, 0) is 4.79 Å². The lowest BCUT2D eigenvalue weighted by molar-refractivity contribution is -0.109. The van der Waals surface area contributed by atoms with Crippen molar-refractivity contribution < 1.29 is 9.53 Å². The van der Waals surface area contributed by atoms with Crippen molar-refractivity contribution in [2.75, 3.05) is 48.4 Å². The molecule has 7 heteroatoms. The van der Waals surface area contributed by atoms with Gasteiger partial charge in [0.1, 0.15) is 23.9 Å². The summed E-state index contributed by atoms with van der Waals surface area (Å²) in [5.41, 5.74) is 2.05. The Morgan fingerprint density at radius 1 is 1.31 bits per heavy atom. The lowest BCUT2D eigenvalue weighted by Crippen LogP contribution is -2.54. The summed E-state index contributed by atoms with van der Waals surface area (Å²) in [4.78, 5) is 24.3. The fraction of sp³-hybridized carbons (Fsp3) is 0.364. The molecule has 0 saturated carbocycles. The summed E-state index contributed by atoms with van der Waals surface area (Å²) in [5, 5.41) is 4.51. The van der Waals surface area contributed by atoms with Gasteiger partial charge in [0.05, 0.1) is 12.8 Å². The molecular weight excluding hydrogens is 366 g/mol. The van der Waals surface area contributed by atoms with Gasteiger partial charge >= 0.3 is 0 Å². The summed E-state index contributed by atoms with van der Waals surface area (Å²) in [6.45, 7) is 5.16. The zero-order chi connectivity index (χ0) is 20.2. The molecule has 1 atom stereocenters. The van der Waals surface area contributed by atoms with Gasteiger partial charge < -0.3 is 29.6 Å². The third-order valence-electron chi connectivity index (χ3n) is 5.35. The molecule has 1 unspecified atom stereocenters. The highest BCUT2D eigenvalue weighted by Gasteiger charge is 2.29. The van der Waals surface area contributed by atoms with Crippen LogP contribution in [0.2, 0.25) is 0 Å². The number of nitrogens with one attached hydrogen (secondary N) is 2. The van der Waals surface area contributed by atoms with Gasteiger partial charge in [-0.15, -0.1) is 0 Å². The van der Waals surface area contributed by atoms with Gasteiger partial charge in [0.2, 0.25) is 0 Å². The molecule has 1 aliphatic heterocycles. The summed E-state index contributed by atoms with van der Waals surface area (Å²) in [6.07, 6.45) is 3.88. The van der Waals surface area contributed by atoms with E-state index < -0.39 is 0 Å². The number of ether oxygens (including phenoxy) is 1. The predicted molar refractivity (Wildman–Crippen MR) is 117 cm³/mol. The van der Waals surface area contributed by atoms with Crippen LogP contribution >= 0.6 is 0 Å². The van der Waals surface area contributed by atoms with E-state index >= 15 is 0 Å². The number of methoxy groups -OCH3 is 1. The topological polar surface area (TPSA) is 73.5 Å². The van der Waals surface area contributed by atoms with Crippen molar-refractivity contribution in [1.29, 1.82) is 0 Å². The number of piperazine rings is 1. The van der Waals surface area contributed by atoms with Gasteiger partial charge in [-0.05, 0) is 42.8 Å². The number of nitrogens with zero attached hydrogens (tertiary/aromatic N) is 3. The predicted octanol–water partition coefficient (Wildman–Crippen LogP) is 3.29. The number of pyridine rings is 1. The SMILES string of the molecule is CCCNc1cccnc1N1CCN(c2cc3cc(OC)ccc3[nH]2)C(C=O)C1. The number of rotatable bonds is 7. The number of carbonyl (C=O) groups excluding carboxylic acids is 1. The van der Waals surface area contributed by atoms with Crippen LogP contribution < -0.4 is 19.9 Å². The highest BCUT2D eigenvalue weighted by Crippen LogP contribution is 2.30. The van der Waals surface area contributed by atoms with E-state index in [9.17, 15) is 4.79 Å². The average molecular weight is 393 g/mol. The Morgan fingerprint density at radius 3 is 3.00 bits per heavy atom.